The highest BCUT2D eigenvalue weighted by Crippen LogP contribution is 2.21. The van der Waals surface area contributed by atoms with Crippen molar-refractivity contribution in [3.63, 3.8) is 0 Å². The molecule has 0 aromatic heterocycles. The van der Waals surface area contributed by atoms with Crippen molar-refractivity contribution >= 4 is 0 Å². The molecule has 0 fully saturated rings. The van der Waals surface area contributed by atoms with E-state index in [9.17, 15) is 5.11 Å². The predicted octanol–water partition coefficient (Wildman–Crippen LogP) is 4.46. The van der Waals surface area contributed by atoms with Gasteiger partial charge in [0, 0.05) is 0 Å². The van der Waals surface area contributed by atoms with Gasteiger partial charge in [0.15, 0.2) is 0 Å². The first-order valence-electron chi connectivity index (χ1n) is 6.38. The van der Waals surface area contributed by atoms with Crippen molar-refractivity contribution in [2.75, 3.05) is 0 Å². The van der Waals surface area contributed by atoms with Gasteiger partial charge >= 0.3 is 0 Å². The van der Waals surface area contributed by atoms with E-state index >= 15 is 0 Å². The van der Waals surface area contributed by atoms with E-state index in [-0.39, 0.29) is 0 Å². The molecule has 1 aromatic rings. The van der Waals surface area contributed by atoms with Crippen molar-refractivity contribution in [3.05, 3.63) is 29.3 Å². The summed E-state index contributed by atoms with van der Waals surface area (Å²) in [6.07, 6.45) is 6.29. The van der Waals surface area contributed by atoms with E-state index in [4.69, 9.17) is 0 Å². The zero-order valence-corrected chi connectivity index (χ0v) is 10.8. The van der Waals surface area contributed by atoms with Crippen LogP contribution in [0.4, 0.5) is 0 Å². The Morgan fingerprint density at radius 2 is 1.88 bits per heavy atom. The first-order chi connectivity index (χ1) is 7.61. The predicted molar refractivity (Wildman–Crippen MR) is 69.9 cm³/mol. The topological polar surface area (TPSA) is 20.2 Å². The maximum Gasteiger partial charge on any atom is 0.118 e. The van der Waals surface area contributed by atoms with Gasteiger partial charge < -0.3 is 5.11 Å². The molecule has 0 aliphatic heterocycles. The average Bonchev–Trinajstić information content (AvgIpc) is 2.23. The summed E-state index contributed by atoms with van der Waals surface area (Å²) in [5, 5.41) is 9.58. The highest BCUT2D eigenvalue weighted by molar-refractivity contribution is 5.37. The summed E-state index contributed by atoms with van der Waals surface area (Å²) in [5.74, 6) is 1.25. The molecule has 0 saturated heterocycles. The molecule has 1 rings (SSSR count). The highest BCUT2D eigenvalue weighted by Gasteiger charge is 2.02. The summed E-state index contributed by atoms with van der Waals surface area (Å²) < 4.78 is 0. The van der Waals surface area contributed by atoms with Crippen molar-refractivity contribution in [2.45, 2.75) is 52.9 Å². The first-order valence-corrected chi connectivity index (χ1v) is 6.38. The normalized spacial score (nSPS) is 11.0. The van der Waals surface area contributed by atoms with Crippen LogP contribution in [0.3, 0.4) is 0 Å². The maximum atomic E-state index is 9.58. The number of benzene rings is 1. The Kier molecular flexibility index (Phi) is 5.37. The maximum absolute atomic E-state index is 9.58. The molecular weight excluding hydrogens is 196 g/mol. The van der Waals surface area contributed by atoms with Gasteiger partial charge in [-0.3, -0.25) is 0 Å². The molecule has 0 unspecified atom stereocenters. The molecule has 1 aromatic carbocycles. The molecule has 1 heteroatoms. The van der Waals surface area contributed by atoms with E-state index in [1.54, 1.807) is 6.07 Å². The van der Waals surface area contributed by atoms with Crippen molar-refractivity contribution in [1.82, 2.24) is 0 Å². The summed E-state index contributed by atoms with van der Waals surface area (Å²) in [7, 11) is 0. The third-order valence-electron chi connectivity index (χ3n) is 3.14. The van der Waals surface area contributed by atoms with Gasteiger partial charge in [0.1, 0.15) is 5.75 Å². The number of hydrogen-bond acceptors (Lipinski definition) is 1. The lowest BCUT2D eigenvalue weighted by Crippen LogP contribution is -1.92. The summed E-state index contributed by atoms with van der Waals surface area (Å²) in [6, 6.07) is 5.82. The van der Waals surface area contributed by atoms with Crippen LogP contribution in [0.25, 0.3) is 0 Å². The van der Waals surface area contributed by atoms with Crippen molar-refractivity contribution in [1.29, 1.82) is 0 Å². The molecule has 0 atom stereocenters. The molecule has 0 radical (unpaired) electrons. The lowest BCUT2D eigenvalue weighted by atomic mass is 9.99. The second-order valence-corrected chi connectivity index (χ2v) is 5.05. The fourth-order valence-corrected chi connectivity index (χ4v) is 1.99. The zero-order chi connectivity index (χ0) is 12.0. The molecule has 1 nitrogen and oxygen atoms in total. The Hall–Kier alpha value is -0.980. The second kappa shape index (κ2) is 6.57. The van der Waals surface area contributed by atoms with Crippen LogP contribution in [0, 0.1) is 12.8 Å². The standard InChI is InChI=1S/C15H24O/c1-12(2)8-5-4-6-9-14-10-7-11-15(16)13(14)3/h7,10-12,16H,4-6,8-9H2,1-3H3. The number of hydrogen-bond donors (Lipinski definition) is 1. The molecule has 0 saturated carbocycles. The van der Waals surface area contributed by atoms with Crippen LogP contribution in [0.15, 0.2) is 18.2 Å². The third-order valence-corrected chi connectivity index (χ3v) is 3.14. The monoisotopic (exact) mass is 220 g/mol. The number of rotatable bonds is 6. The third kappa shape index (κ3) is 4.26. The van der Waals surface area contributed by atoms with E-state index in [2.05, 4.69) is 19.9 Å². The van der Waals surface area contributed by atoms with Gasteiger partial charge in [-0.2, -0.15) is 0 Å². The molecular formula is C15H24O. The largest absolute Gasteiger partial charge is 0.508 e. The van der Waals surface area contributed by atoms with Gasteiger partial charge in [0.25, 0.3) is 0 Å². The van der Waals surface area contributed by atoms with Gasteiger partial charge in [-0.05, 0) is 42.9 Å². The summed E-state index contributed by atoms with van der Waals surface area (Å²) in [5.41, 5.74) is 2.34. The number of phenolic OH excluding ortho intramolecular Hbond substituents is 1. The van der Waals surface area contributed by atoms with Crippen LogP contribution in [0.2, 0.25) is 0 Å². The van der Waals surface area contributed by atoms with E-state index in [1.807, 2.05) is 13.0 Å². The Bertz CT molecular complexity index is 315. The van der Waals surface area contributed by atoms with Crippen LogP contribution in [-0.2, 0) is 6.42 Å². The number of unbranched alkanes of at least 4 members (excludes halogenated alkanes) is 2. The minimum Gasteiger partial charge on any atom is -0.508 e. The van der Waals surface area contributed by atoms with Crippen LogP contribution >= 0.6 is 0 Å². The van der Waals surface area contributed by atoms with Gasteiger partial charge in [-0.25, -0.2) is 0 Å². The van der Waals surface area contributed by atoms with Crippen LogP contribution in [-0.4, -0.2) is 5.11 Å². The SMILES string of the molecule is Cc1c(O)cccc1CCCCCC(C)C. The molecule has 0 amide bonds. The minimum absolute atomic E-state index is 0.430. The highest BCUT2D eigenvalue weighted by atomic mass is 16.3. The van der Waals surface area contributed by atoms with Gasteiger partial charge in [0.05, 0.1) is 0 Å². The van der Waals surface area contributed by atoms with Crippen LogP contribution in [0.1, 0.15) is 50.7 Å². The quantitative estimate of drug-likeness (QED) is 0.702. The van der Waals surface area contributed by atoms with E-state index in [0.717, 1.165) is 17.9 Å². The van der Waals surface area contributed by atoms with Crippen molar-refractivity contribution < 1.29 is 5.11 Å². The Morgan fingerprint density at radius 1 is 1.12 bits per heavy atom. The van der Waals surface area contributed by atoms with E-state index < -0.39 is 0 Å². The summed E-state index contributed by atoms with van der Waals surface area (Å²) in [6.45, 7) is 6.55. The second-order valence-electron chi connectivity index (χ2n) is 5.05. The molecule has 0 aliphatic rings. The number of aryl methyl sites for hydroxylation is 1. The Morgan fingerprint density at radius 3 is 2.56 bits per heavy atom. The fourth-order valence-electron chi connectivity index (χ4n) is 1.99. The molecule has 0 heterocycles. The average molecular weight is 220 g/mol. The minimum atomic E-state index is 0.430. The Balaban J connectivity index is 2.29. The number of aromatic hydroxyl groups is 1. The molecule has 0 aliphatic carbocycles. The van der Waals surface area contributed by atoms with Crippen LogP contribution in [0.5, 0.6) is 5.75 Å². The molecule has 0 bridgehead atoms. The van der Waals surface area contributed by atoms with Gasteiger partial charge in [-0.15, -0.1) is 0 Å². The Labute approximate surface area is 99.5 Å². The van der Waals surface area contributed by atoms with Gasteiger partial charge in [0.2, 0.25) is 0 Å². The summed E-state index contributed by atoms with van der Waals surface area (Å²) in [4.78, 5) is 0. The molecule has 16 heavy (non-hydrogen) atoms. The van der Waals surface area contributed by atoms with E-state index in [0.29, 0.717) is 5.75 Å². The number of phenols is 1. The lowest BCUT2D eigenvalue weighted by molar-refractivity contribution is 0.469. The van der Waals surface area contributed by atoms with E-state index in [1.165, 1.54) is 31.2 Å². The van der Waals surface area contributed by atoms with Crippen molar-refractivity contribution in [2.24, 2.45) is 5.92 Å². The summed E-state index contributed by atoms with van der Waals surface area (Å²) >= 11 is 0. The van der Waals surface area contributed by atoms with Gasteiger partial charge in [-0.1, -0.05) is 45.2 Å². The fraction of sp³-hybridized carbons (Fsp3) is 0.600. The smallest absolute Gasteiger partial charge is 0.118 e. The molecule has 90 valence electrons. The first kappa shape index (κ1) is 13.1. The lowest BCUT2D eigenvalue weighted by Gasteiger charge is -2.08. The molecule has 1 N–H and O–H groups in total. The zero-order valence-electron chi connectivity index (χ0n) is 10.8. The van der Waals surface area contributed by atoms with Crippen molar-refractivity contribution in [3.8, 4) is 5.75 Å². The van der Waals surface area contributed by atoms with Crippen LogP contribution < -0.4 is 0 Å². The molecule has 0 spiro atoms.